The van der Waals surface area contributed by atoms with Crippen molar-refractivity contribution in [1.82, 2.24) is 19.5 Å². The quantitative estimate of drug-likeness (QED) is 0.211. The summed E-state index contributed by atoms with van der Waals surface area (Å²) in [6, 6.07) is 42.6. The Morgan fingerprint density at radius 2 is 1.14 bits per heavy atom. The zero-order chi connectivity index (χ0) is 30.1. The Kier molecular flexibility index (Phi) is 5.86. The number of rotatable bonds is 4. The Bertz CT molecular complexity index is 2190. The minimum Gasteiger partial charge on any atom is -0.309 e. The molecule has 1 aliphatic rings. The highest BCUT2D eigenvalue weighted by Crippen LogP contribution is 2.50. The van der Waals surface area contributed by atoms with Crippen LogP contribution in [0.3, 0.4) is 0 Å². The molecule has 0 aliphatic heterocycles. The Hall–Kier alpha value is -5.09. The van der Waals surface area contributed by atoms with Gasteiger partial charge in [-0.25, -0.2) is 15.0 Å². The van der Waals surface area contributed by atoms with Gasteiger partial charge in [-0.15, -0.1) is 0 Å². The lowest BCUT2D eigenvalue weighted by Crippen LogP contribution is -2.17. The predicted octanol–water partition coefficient (Wildman–Crippen LogP) is 9.93. The van der Waals surface area contributed by atoms with Crippen LogP contribution in [0.25, 0.3) is 61.7 Å². The maximum absolute atomic E-state index is 5.23. The van der Waals surface area contributed by atoms with E-state index in [0.717, 1.165) is 39.8 Å². The molecule has 7 aromatic rings. The fraction of sp³-hybridized carbons (Fsp3) is 0.175. The number of fused-ring (bicyclic) bond motifs is 4. The van der Waals surface area contributed by atoms with Gasteiger partial charge < -0.3 is 4.57 Å². The van der Waals surface area contributed by atoms with E-state index >= 15 is 0 Å². The lowest BCUT2D eigenvalue weighted by Gasteiger charge is -2.22. The van der Waals surface area contributed by atoms with E-state index in [1.165, 1.54) is 21.9 Å². The number of nitrogens with zero attached hydrogens (tertiary/aromatic N) is 4. The van der Waals surface area contributed by atoms with Gasteiger partial charge in [0.1, 0.15) is 0 Å². The molecule has 8 rings (SSSR count). The van der Waals surface area contributed by atoms with Crippen molar-refractivity contribution < 1.29 is 0 Å². The summed E-state index contributed by atoms with van der Waals surface area (Å²) >= 11 is 0. The molecule has 44 heavy (non-hydrogen) atoms. The van der Waals surface area contributed by atoms with Gasteiger partial charge in [0, 0.05) is 33.2 Å². The van der Waals surface area contributed by atoms with Crippen molar-refractivity contribution in [3.8, 4) is 39.9 Å². The monoisotopic (exact) mass is 570 g/mol. The van der Waals surface area contributed by atoms with Crippen molar-refractivity contribution >= 4 is 21.8 Å². The van der Waals surface area contributed by atoms with Gasteiger partial charge in [-0.2, -0.15) is 0 Å². The van der Waals surface area contributed by atoms with Gasteiger partial charge in [-0.3, -0.25) is 0 Å². The van der Waals surface area contributed by atoms with Crippen molar-refractivity contribution in [2.75, 3.05) is 0 Å². The third kappa shape index (κ3) is 4.16. The molecular formula is C40H34N4. The molecule has 0 bridgehead atoms. The normalized spacial score (nSPS) is 15.1. The summed E-state index contributed by atoms with van der Waals surface area (Å²) in [5.41, 5.74) is 9.33. The summed E-state index contributed by atoms with van der Waals surface area (Å²) in [4.78, 5) is 15.5. The van der Waals surface area contributed by atoms with E-state index in [-0.39, 0.29) is 10.8 Å². The van der Waals surface area contributed by atoms with Crippen LogP contribution >= 0.6 is 0 Å². The number of hydrogen-bond acceptors (Lipinski definition) is 3. The molecule has 4 heteroatoms. The van der Waals surface area contributed by atoms with Gasteiger partial charge in [-0.05, 0) is 58.7 Å². The van der Waals surface area contributed by atoms with Gasteiger partial charge in [0.25, 0.3) is 0 Å². The highest BCUT2D eigenvalue weighted by molar-refractivity contribution is 6.13. The molecular weight excluding hydrogens is 536 g/mol. The molecule has 0 atom stereocenters. The summed E-state index contributed by atoms with van der Waals surface area (Å²) in [6.07, 6.45) is 1.11. The van der Waals surface area contributed by atoms with E-state index in [0.29, 0.717) is 17.5 Å². The number of benzene rings is 5. The molecule has 0 saturated carbocycles. The van der Waals surface area contributed by atoms with Crippen LogP contribution in [0.4, 0.5) is 0 Å². The van der Waals surface area contributed by atoms with Crippen LogP contribution in [-0.4, -0.2) is 19.5 Å². The maximum Gasteiger partial charge on any atom is 0.166 e. The van der Waals surface area contributed by atoms with E-state index in [1.807, 2.05) is 18.2 Å². The standard InChI is InChI=1S/C40H34N4/c1-39(2)25-40(3,4)33-24-27(22-23-32(33)39)37-41-36(26-14-7-5-8-15-26)42-38(43-37)31-20-13-19-30-29-18-11-12-21-34(29)44(35(30)31)28-16-9-6-10-17-28/h5-24H,25H2,1-4H3. The summed E-state index contributed by atoms with van der Waals surface area (Å²) in [5, 5.41) is 2.38. The van der Waals surface area contributed by atoms with Gasteiger partial charge in [0.2, 0.25) is 0 Å². The zero-order valence-corrected chi connectivity index (χ0v) is 25.5. The van der Waals surface area contributed by atoms with E-state index < -0.39 is 0 Å². The molecule has 0 unspecified atom stereocenters. The second kappa shape index (κ2) is 9.72. The molecule has 0 amide bonds. The summed E-state index contributed by atoms with van der Waals surface area (Å²) < 4.78 is 2.34. The van der Waals surface area contributed by atoms with Crippen molar-refractivity contribution in [3.05, 3.63) is 132 Å². The van der Waals surface area contributed by atoms with Gasteiger partial charge in [0.15, 0.2) is 17.5 Å². The average Bonchev–Trinajstić information content (AvgIpc) is 3.48. The minimum atomic E-state index is 0.0785. The molecule has 2 heterocycles. The molecule has 4 nitrogen and oxygen atoms in total. The predicted molar refractivity (Wildman–Crippen MR) is 181 cm³/mol. The summed E-state index contributed by atoms with van der Waals surface area (Å²) in [6.45, 7) is 9.39. The van der Waals surface area contributed by atoms with Crippen molar-refractivity contribution in [1.29, 1.82) is 0 Å². The molecule has 0 saturated heterocycles. The summed E-state index contributed by atoms with van der Waals surface area (Å²) in [5.74, 6) is 2.03. The SMILES string of the molecule is CC1(C)CC(C)(C)c2cc(-c3nc(-c4ccccc4)nc(-c4cccc5c6ccccc6n(-c6ccccc6)c45)n3)ccc21. The first-order chi connectivity index (χ1) is 21.3. The smallest absolute Gasteiger partial charge is 0.166 e. The largest absolute Gasteiger partial charge is 0.309 e. The third-order valence-corrected chi connectivity index (χ3v) is 9.24. The lowest BCUT2D eigenvalue weighted by atomic mass is 9.82. The Morgan fingerprint density at radius 3 is 1.91 bits per heavy atom. The van der Waals surface area contributed by atoms with Crippen LogP contribution in [0, 0.1) is 0 Å². The van der Waals surface area contributed by atoms with E-state index in [1.54, 1.807) is 0 Å². The van der Waals surface area contributed by atoms with E-state index in [9.17, 15) is 0 Å². The average molecular weight is 571 g/mol. The van der Waals surface area contributed by atoms with Crippen LogP contribution < -0.4 is 0 Å². The summed E-state index contributed by atoms with van der Waals surface area (Å²) in [7, 11) is 0. The second-order valence-corrected chi connectivity index (χ2v) is 13.3. The third-order valence-electron chi connectivity index (χ3n) is 9.24. The first-order valence-corrected chi connectivity index (χ1v) is 15.4. The molecule has 5 aromatic carbocycles. The Balaban J connectivity index is 1.42. The van der Waals surface area contributed by atoms with E-state index in [2.05, 4.69) is 135 Å². The van der Waals surface area contributed by atoms with E-state index in [4.69, 9.17) is 15.0 Å². The Labute approximate surface area is 258 Å². The second-order valence-electron chi connectivity index (χ2n) is 13.3. The molecule has 214 valence electrons. The highest BCUT2D eigenvalue weighted by atomic mass is 15.0. The highest BCUT2D eigenvalue weighted by Gasteiger charge is 2.41. The fourth-order valence-corrected chi connectivity index (χ4v) is 7.51. The van der Waals surface area contributed by atoms with Gasteiger partial charge >= 0.3 is 0 Å². The zero-order valence-electron chi connectivity index (χ0n) is 25.5. The van der Waals surface area contributed by atoms with Crippen LogP contribution in [0.15, 0.2) is 121 Å². The van der Waals surface area contributed by atoms with Gasteiger partial charge in [-0.1, -0.05) is 119 Å². The van der Waals surface area contributed by atoms with Crippen LogP contribution in [0.5, 0.6) is 0 Å². The topological polar surface area (TPSA) is 43.6 Å². The Morgan fingerprint density at radius 1 is 0.523 bits per heavy atom. The molecule has 2 aromatic heterocycles. The van der Waals surface area contributed by atoms with Crippen molar-refractivity contribution in [2.24, 2.45) is 0 Å². The molecule has 0 N–H and O–H groups in total. The molecule has 0 spiro atoms. The first kappa shape index (κ1) is 26.5. The number of para-hydroxylation sites is 3. The minimum absolute atomic E-state index is 0.0785. The van der Waals surface area contributed by atoms with Crippen molar-refractivity contribution in [3.63, 3.8) is 0 Å². The lowest BCUT2D eigenvalue weighted by molar-refractivity contribution is 0.403. The number of aromatic nitrogens is 4. The fourth-order valence-electron chi connectivity index (χ4n) is 7.51. The van der Waals surface area contributed by atoms with Crippen LogP contribution in [-0.2, 0) is 10.8 Å². The van der Waals surface area contributed by atoms with Crippen LogP contribution in [0.2, 0.25) is 0 Å². The molecule has 0 fully saturated rings. The first-order valence-electron chi connectivity index (χ1n) is 15.4. The van der Waals surface area contributed by atoms with Crippen molar-refractivity contribution in [2.45, 2.75) is 44.9 Å². The maximum atomic E-state index is 5.23. The molecule has 1 aliphatic carbocycles. The van der Waals surface area contributed by atoms with Crippen LogP contribution in [0.1, 0.15) is 45.2 Å². The van der Waals surface area contributed by atoms with Gasteiger partial charge in [0.05, 0.1) is 11.0 Å². The molecule has 0 radical (unpaired) electrons. The number of hydrogen-bond donors (Lipinski definition) is 0.